The average molecular weight is 466 g/mol. The van der Waals surface area contributed by atoms with Crippen LogP contribution in [0.3, 0.4) is 0 Å². The second-order valence-electron chi connectivity index (χ2n) is 7.59. The van der Waals surface area contributed by atoms with E-state index in [1.165, 1.54) is 0 Å². The minimum absolute atomic E-state index is 0.0927. The van der Waals surface area contributed by atoms with Gasteiger partial charge in [-0.15, -0.1) is 11.8 Å². The summed E-state index contributed by atoms with van der Waals surface area (Å²) < 4.78 is 22.3. The van der Waals surface area contributed by atoms with Gasteiger partial charge < -0.3 is 23.8 Å². The monoisotopic (exact) mass is 465 g/mol. The van der Waals surface area contributed by atoms with E-state index in [4.69, 9.17) is 18.9 Å². The molecule has 3 aromatic carbocycles. The molecule has 1 aliphatic rings. The molecule has 0 saturated carbocycles. The SMILES string of the molecule is COc1cc(CN2C(=O)CSC2c2ccc(OCc3ccccc3)c(OC)c2)cc(OC)c1. The van der Waals surface area contributed by atoms with Crippen molar-refractivity contribution in [3.63, 3.8) is 0 Å². The number of ether oxygens (including phenoxy) is 4. The molecule has 0 N–H and O–H groups in total. The summed E-state index contributed by atoms with van der Waals surface area (Å²) in [5.41, 5.74) is 3.02. The lowest BCUT2D eigenvalue weighted by Crippen LogP contribution is -2.27. The topological polar surface area (TPSA) is 57.2 Å². The summed E-state index contributed by atoms with van der Waals surface area (Å²) in [5, 5.41) is -0.119. The molecule has 1 amide bonds. The van der Waals surface area contributed by atoms with Crippen LogP contribution in [0.5, 0.6) is 23.0 Å². The first-order valence-corrected chi connectivity index (χ1v) is 11.6. The van der Waals surface area contributed by atoms with Gasteiger partial charge in [0.05, 0.1) is 27.1 Å². The summed E-state index contributed by atoms with van der Waals surface area (Å²) >= 11 is 1.60. The van der Waals surface area contributed by atoms with Gasteiger partial charge in [-0.25, -0.2) is 0 Å². The molecule has 0 aromatic heterocycles. The van der Waals surface area contributed by atoms with Gasteiger partial charge in [0.2, 0.25) is 5.91 Å². The number of benzene rings is 3. The number of hydrogen-bond donors (Lipinski definition) is 0. The molecule has 4 rings (SSSR count). The van der Waals surface area contributed by atoms with Crippen molar-refractivity contribution in [2.45, 2.75) is 18.5 Å². The Labute approximate surface area is 198 Å². The standard InChI is InChI=1S/C26H27NO5S/c1-29-21-11-19(12-22(14-21)30-2)15-27-25(28)17-33-26(27)20-9-10-23(24(13-20)31-3)32-16-18-7-5-4-6-8-18/h4-14,26H,15-17H2,1-3H3. The molecule has 0 spiro atoms. The van der Waals surface area contributed by atoms with Gasteiger partial charge in [-0.3, -0.25) is 4.79 Å². The molecule has 6 nitrogen and oxygen atoms in total. The molecule has 33 heavy (non-hydrogen) atoms. The average Bonchev–Trinajstić information content (AvgIpc) is 3.22. The van der Waals surface area contributed by atoms with Gasteiger partial charge in [-0.1, -0.05) is 36.4 Å². The van der Waals surface area contributed by atoms with E-state index < -0.39 is 0 Å². The predicted molar refractivity (Wildman–Crippen MR) is 129 cm³/mol. The third kappa shape index (κ3) is 5.37. The first kappa shape index (κ1) is 22.9. The molecular formula is C26H27NO5S. The first-order valence-electron chi connectivity index (χ1n) is 10.6. The summed E-state index contributed by atoms with van der Waals surface area (Å²) in [4.78, 5) is 14.6. The number of carbonyl (C=O) groups excluding carboxylic acids is 1. The molecular weight excluding hydrogens is 438 g/mol. The van der Waals surface area contributed by atoms with Crippen LogP contribution < -0.4 is 18.9 Å². The molecule has 1 atom stereocenters. The van der Waals surface area contributed by atoms with Crippen molar-refractivity contribution in [1.82, 2.24) is 4.90 Å². The number of hydrogen-bond acceptors (Lipinski definition) is 6. The zero-order valence-electron chi connectivity index (χ0n) is 18.9. The van der Waals surface area contributed by atoms with Crippen LogP contribution in [0.1, 0.15) is 22.1 Å². The Morgan fingerprint density at radius 1 is 0.848 bits per heavy atom. The second kappa shape index (κ2) is 10.5. The summed E-state index contributed by atoms with van der Waals surface area (Å²) in [5.74, 6) is 3.23. The highest BCUT2D eigenvalue weighted by molar-refractivity contribution is 8.00. The van der Waals surface area contributed by atoms with Gasteiger partial charge in [-0.05, 0) is 41.0 Å². The van der Waals surface area contributed by atoms with Crippen molar-refractivity contribution in [2.75, 3.05) is 27.1 Å². The molecule has 7 heteroatoms. The third-order valence-electron chi connectivity index (χ3n) is 5.44. The lowest BCUT2D eigenvalue weighted by atomic mass is 10.1. The molecule has 0 aliphatic carbocycles. The van der Waals surface area contributed by atoms with Crippen LogP contribution in [0, 0.1) is 0 Å². The van der Waals surface area contributed by atoms with E-state index in [1.54, 1.807) is 33.1 Å². The van der Waals surface area contributed by atoms with Crippen molar-refractivity contribution in [3.05, 3.63) is 83.4 Å². The van der Waals surface area contributed by atoms with Crippen LogP contribution in [0.2, 0.25) is 0 Å². The second-order valence-corrected chi connectivity index (χ2v) is 8.66. The van der Waals surface area contributed by atoms with Crippen LogP contribution in [-0.2, 0) is 17.9 Å². The van der Waals surface area contributed by atoms with E-state index in [0.717, 1.165) is 16.7 Å². The molecule has 1 fully saturated rings. The van der Waals surface area contributed by atoms with E-state index in [0.29, 0.717) is 41.9 Å². The lowest BCUT2D eigenvalue weighted by Gasteiger charge is -2.25. The Balaban J connectivity index is 1.54. The summed E-state index contributed by atoms with van der Waals surface area (Å²) in [6.07, 6.45) is 0. The lowest BCUT2D eigenvalue weighted by molar-refractivity contribution is -0.128. The van der Waals surface area contributed by atoms with Gasteiger partial charge in [0.15, 0.2) is 11.5 Å². The van der Waals surface area contributed by atoms with E-state index in [-0.39, 0.29) is 11.3 Å². The summed E-state index contributed by atoms with van der Waals surface area (Å²) in [6.45, 7) is 0.912. The van der Waals surface area contributed by atoms with Crippen LogP contribution in [0.4, 0.5) is 0 Å². The molecule has 0 radical (unpaired) electrons. The predicted octanol–water partition coefficient (Wildman–Crippen LogP) is 5.07. The molecule has 1 saturated heterocycles. The molecule has 0 bridgehead atoms. The van der Waals surface area contributed by atoms with Gasteiger partial charge >= 0.3 is 0 Å². The number of carbonyl (C=O) groups is 1. The van der Waals surface area contributed by atoms with Crippen LogP contribution >= 0.6 is 11.8 Å². The Kier molecular flexibility index (Phi) is 7.29. The van der Waals surface area contributed by atoms with Crippen molar-refractivity contribution in [2.24, 2.45) is 0 Å². The van der Waals surface area contributed by atoms with Gasteiger partial charge in [0.25, 0.3) is 0 Å². The minimum Gasteiger partial charge on any atom is -0.497 e. The molecule has 3 aromatic rings. The normalized spacial score (nSPS) is 15.4. The Morgan fingerprint density at radius 2 is 1.58 bits per heavy atom. The molecule has 1 heterocycles. The minimum atomic E-state index is -0.119. The molecule has 172 valence electrons. The van der Waals surface area contributed by atoms with Crippen molar-refractivity contribution in [1.29, 1.82) is 0 Å². The molecule has 1 aliphatic heterocycles. The van der Waals surface area contributed by atoms with Crippen molar-refractivity contribution in [3.8, 4) is 23.0 Å². The van der Waals surface area contributed by atoms with Crippen molar-refractivity contribution < 1.29 is 23.7 Å². The Bertz CT molecular complexity index is 1080. The van der Waals surface area contributed by atoms with E-state index >= 15 is 0 Å². The Morgan fingerprint density at radius 3 is 2.24 bits per heavy atom. The van der Waals surface area contributed by atoms with Gasteiger partial charge in [0, 0.05) is 12.6 Å². The smallest absolute Gasteiger partial charge is 0.234 e. The highest BCUT2D eigenvalue weighted by Crippen LogP contribution is 2.42. The Hall–Kier alpha value is -3.32. The maximum atomic E-state index is 12.7. The summed E-state index contributed by atoms with van der Waals surface area (Å²) in [6, 6.07) is 21.5. The van der Waals surface area contributed by atoms with Crippen LogP contribution in [-0.4, -0.2) is 37.9 Å². The number of methoxy groups -OCH3 is 3. The van der Waals surface area contributed by atoms with E-state index in [9.17, 15) is 4.79 Å². The zero-order chi connectivity index (χ0) is 23.2. The number of amides is 1. The maximum absolute atomic E-state index is 12.7. The van der Waals surface area contributed by atoms with E-state index in [1.807, 2.05) is 71.6 Å². The zero-order valence-corrected chi connectivity index (χ0v) is 19.8. The fourth-order valence-electron chi connectivity index (χ4n) is 3.75. The van der Waals surface area contributed by atoms with Gasteiger partial charge in [-0.2, -0.15) is 0 Å². The number of rotatable bonds is 9. The largest absolute Gasteiger partial charge is 0.497 e. The number of nitrogens with zero attached hydrogens (tertiary/aromatic N) is 1. The van der Waals surface area contributed by atoms with Crippen molar-refractivity contribution >= 4 is 17.7 Å². The highest BCUT2D eigenvalue weighted by Gasteiger charge is 2.33. The van der Waals surface area contributed by atoms with Crippen LogP contribution in [0.25, 0.3) is 0 Å². The van der Waals surface area contributed by atoms with Crippen LogP contribution in [0.15, 0.2) is 66.7 Å². The highest BCUT2D eigenvalue weighted by atomic mass is 32.2. The molecule has 1 unspecified atom stereocenters. The quantitative estimate of drug-likeness (QED) is 0.440. The summed E-state index contributed by atoms with van der Waals surface area (Å²) in [7, 11) is 4.86. The number of thioether (sulfide) groups is 1. The third-order valence-corrected chi connectivity index (χ3v) is 6.70. The maximum Gasteiger partial charge on any atom is 0.234 e. The fraction of sp³-hybridized carbons (Fsp3) is 0.269. The first-order chi connectivity index (χ1) is 16.1. The fourth-order valence-corrected chi connectivity index (χ4v) is 4.93. The van der Waals surface area contributed by atoms with E-state index in [2.05, 4.69) is 0 Å². The van der Waals surface area contributed by atoms with Gasteiger partial charge in [0.1, 0.15) is 23.5 Å².